The topological polar surface area (TPSA) is 91.2 Å². The zero-order valence-corrected chi connectivity index (χ0v) is 17.8. The smallest absolute Gasteiger partial charge is 0.227 e. The van der Waals surface area contributed by atoms with Gasteiger partial charge < -0.3 is 15.5 Å². The van der Waals surface area contributed by atoms with Crippen LogP contribution in [0.2, 0.25) is 0 Å². The number of nitrogens with one attached hydrogen (secondary N) is 1. The molecule has 0 bridgehead atoms. The number of thiazole rings is 1. The Labute approximate surface area is 174 Å². The molecule has 0 aliphatic heterocycles. The van der Waals surface area contributed by atoms with Gasteiger partial charge in [-0.3, -0.25) is 0 Å². The summed E-state index contributed by atoms with van der Waals surface area (Å²) in [5, 5.41) is 24.8. The summed E-state index contributed by atoms with van der Waals surface area (Å²) in [7, 11) is 0. The van der Waals surface area contributed by atoms with Crippen LogP contribution in [0.25, 0.3) is 10.4 Å². The van der Waals surface area contributed by atoms with Gasteiger partial charge in [0.1, 0.15) is 10.6 Å². The van der Waals surface area contributed by atoms with Gasteiger partial charge in [-0.1, -0.05) is 6.07 Å². The van der Waals surface area contributed by atoms with Crippen LogP contribution in [0.3, 0.4) is 0 Å². The number of hydrogen-bond acceptors (Lipinski definition) is 7. The van der Waals surface area contributed by atoms with E-state index in [0.29, 0.717) is 31.6 Å². The summed E-state index contributed by atoms with van der Waals surface area (Å²) in [4.78, 5) is 14.4. The van der Waals surface area contributed by atoms with Crippen molar-refractivity contribution in [3.05, 3.63) is 52.4 Å². The lowest BCUT2D eigenvalue weighted by Gasteiger charge is -2.32. The third-order valence-corrected chi connectivity index (χ3v) is 6.53. The van der Waals surface area contributed by atoms with Crippen LogP contribution in [-0.4, -0.2) is 31.3 Å². The van der Waals surface area contributed by atoms with Crippen molar-refractivity contribution in [2.75, 3.05) is 5.32 Å². The minimum absolute atomic E-state index is 0.312. The average Bonchev–Trinajstić information content (AvgIpc) is 3.14. The average molecular weight is 411 g/mol. The van der Waals surface area contributed by atoms with Gasteiger partial charge in [-0.15, -0.1) is 11.3 Å². The molecule has 3 N–H and O–H groups in total. The summed E-state index contributed by atoms with van der Waals surface area (Å²) in [6, 6.07) is 8.17. The molecule has 0 unspecified atom stereocenters. The number of benzene rings is 1. The van der Waals surface area contributed by atoms with Crippen LogP contribution in [-0.2, 0) is 5.60 Å². The van der Waals surface area contributed by atoms with Crippen LogP contribution >= 0.6 is 11.3 Å². The monoisotopic (exact) mass is 410 g/mol. The van der Waals surface area contributed by atoms with E-state index >= 15 is 0 Å². The van der Waals surface area contributed by atoms with E-state index in [1.54, 1.807) is 0 Å². The Bertz CT molecular complexity index is 1010. The molecule has 1 aromatic carbocycles. The molecule has 152 valence electrons. The van der Waals surface area contributed by atoms with E-state index in [-0.39, 0.29) is 6.10 Å². The normalized spacial score (nSPS) is 21.9. The Morgan fingerprint density at radius 2 is 1.72 bits per heavy atom. The van der Waals surface area contributed by atoms with Gasteiger partial charge in [0.25, 0.3) is 0 Å². The molecule has 0 radical (unpaired) electrons. The van der Waals surface area contributed by atoms with Gasteiger partial charge in [0.2, 0.25) is 5.95 Å². The highest BCUT2D eigenvalue weighted by Gasteiger charge is 2.36. The first kappa shape index (κ1) is 19.9. The molecule has 0 spiro atoms. The highest BCUT2D eigenvalue weighted by atomic mass is 32.1. The second-order valence-corrected chi connectivity index (χ2v) is 9.01. The Balaban J connectivity index is 1.60. The summed E-state index contributed by atoms with van der Waals surface area (Å²) in [6.07, 6.45) is 3.83. The maximum Gasteiger partial charge on any atom is 0.227 e. The van der Waals surface area contributed by atoms with E-state index in [4.69, 9.17) is 0 Å². The maximum atomic E-state index is 11.0. The van der Waals surface area contributed by atoms with Gasteiger partial charge >= 0.3 is 0 Å². The minimum Gasteiger partial charge on any atom is -0.393 e. The number of anilines is 2. The largest absolute Gasteiger partial charge is 0.393 e. The molecule has 1 aliphatic rings. The van der Waals surface area contributed by atoms with Crippen molar-refractivity contribution in [3.63, 3.8) is 0 Å². The number of nitrogens with zero attached hydrogens (tertiary/aromatic N) is 3. The Morgan fingerprint density at radius 3 is 2.41 bits per heavy atom. The predicted molar refractivity (Wildman–Crippen MR) is 115 cm³/mol. The van der Waals surface area contributed by atoms with Crippen molar-refractivity contribution in [2.45, 2.75) is 58.2 Å². The second kappa shape index (κ2) is 7.82. The van der Waals surface area contributed by atoms with E-state index in [9.17, 15) is 10.2 Å². The van der Waals surface area contributed by atoms with Crippen molar-refractivity contribution in [3.8, 4) is 10.4 Å². The van der Waals surface area contributed by atoms with Crippen LogP contribution in [0.4, 0.5) is 11.6 Å². The minimum atomic E-state index is -0.931. The molecule has 7 heteroatoms. The number of aliphatic hydroxyl groups is 2. The van der Waals surface area contributed by atoms with Crippen molar-refractivity contribution >= 4 is 23.0 Å². The quantitative estimate of drug-likeness (QED) is 0.591. The van der Waals surface area contributed by atoms with E-state index < -0.39 is 5.60 Å². The first-order chi connectivity index (χ1) is 13.8. The van der Waals surface area contributed by atoms with Crippen molar-refractivity contribution in [1.82, 2.24) is 15.0 Å². The lowest BCUT2D eigenvalue weighted by molar-refractivity contribution is -0.0362. The van der Waals surface area contributed by atoms with Gasteiger partial charge in [0, 0.05) is 23.3 Å². The SMILES string of the molecule is Cc1cc(Nc2nc(C)cc(C)n2)cc(-c2cnc([C@]3(O)CC[C@H](O)CC3)s2)c1. The fraction of sp³-hybridized carbons (Fsp3) is 0.409. The first-order valence-electron chi connectivity index (χ1n) is 9.89. The number of aliphatic hydroxyl groups excluding tert-OH is 1. The second-order valence-electron chi connectivity index (χ2n) is 7.98. The standard InChI is InChI=1S/C22H26N4O2S/c1-13-8-16(11-17(9-13)26-21-24-14(2)10-15(3)25-21)19-12-23-20(29-19)22(28)6-4-18(27)5-7-22/h8-12,18,27-28H,4-7H2,1-3H3,(H,24,25,26)/t18-,22-. The van der Waals surface area contributed by atoms with Crippen LogP contribution in [0.5, 0.6) is 0 Å². The molecule has 6 nitrogen and oxygen atoms in total. The predicted octanol–water partition coefficient (Wildman–Crippen LogP) is 4.39. The van der Waals surface area contributed by atoms with Gasteiger partial charge in [0.15, 0.2) is 0 Å². The van der Waals surface area contributed by atoms with Gasteiger partial charge in [-0.05, 0) is 75.8 Å². The lowest BCUT2D eigenvalue weighted by Crippen LogP contribution is -2.33. The highest BCUT2D eigenvalue weighted by molar-refractivity contribution is 7.15. The number of hydrogen-bond donors (Lipinski definition) is 3. The summed E-state index contributed by atoms with van der Waals surface area (Å²) < 4.78 is 0. The van der Waals surface area contributed by atoms with Gasteiger partial charge in [-0.2, -0.15) is 0 Å². The molecular weight excluding hydrogens is 384 g/mol. The molecule has 4 rings (SSSR count). The number of aryl methyl sites for hydroxylation is 3. The molecule has 1 saturated carbocycles. The van der Waals surface area contributed by atoms with Crippen LogP contribution in [0.1, 0.15) is 47.6 Å². The van der Waals surface area contributed by atoms with Crippen LogP contribution in [0.15, 0.2) is 30.5 Å². The molecule has 0 saturated heterocycles. The fourth-order valence-corrected chi connectivity index (χ4v) is 4.87. The molecular formula is C22H26N4O2S. The molecule has 2 heterocycles. The zero-order valence-electron chi connectivity index (χ0n) is 16.9. The fourth-order valence-electron chi connectivity index (χ4n) is 3.83. The van der Waals surface area contributed by atoms with E-state index in [1.165, 1.54) is 11.3 Å². The molecule has 0 atom stereocenters. The van der Waals surface area contributed by atoms with Gasteiger partial charge in [-0.25, -0.2) is 15.0 Å². The van der Waals surface area contributed by atoms with E-state index in [0.717, 1.165) is 38.1 Å². The zero-order chi connectivity index (χ0) is 20.6. The number of aromatic nitrogens is 3. The molecule has 29 heavy (non-hydrogen) atoms. The summed E-state index contributed by atoms with van der Waals surface area (Å²) in [5.41, 5.74) is 3.99. The van der Waals surface area contributed by atoms with Gasteiger partial charge in [0.05, 0.1) is 11.0 Å². The highest BCUT2D eigenvalue weighted by Crippen LogP contribution is 2.41. The third kappa shape index (κ3) is 4.47. The molecule has 0 amide bonds. The Kier molecular flexibility index (Phi) is 5.38. The van der Waals surface area contributed by atoms with E-state index in [1.807, 2.05) is 26.1 Å². The maximum absolute atomic E-state index is 11.0. The number of rotatable bonds is 4. The van der Waals surface area contributed by atoms with Crippen molar-refractivity contribution < 1.29 is 10.2 Å². The molecule has 1 fully saturated rings. The molecule has 2 aromatic heterocycles. The first-order valence-corrected chi connectivity index (χ1v) is 10.7. The third-order valence-electron chi connectivity index (χ3n) is 5.29. The Morgan fingerprint density at radius 1 is 1.03 bits per heavy atom. The summed E-state index contributed by atoms with van der Waals surface area (Å²) in [6.45, 7) is 5.96. The molecule has 1 aliphatic carbocycles. The Hall–Kier alpha value is -2.35. The lowest BCUT2D eigenvalue weighted by atomic mass is 9.84. The van der Waals surface area contributed by atoms with Crippen LogP contribution in [0, 0.1) is 20.8 Å². The summed E-state index contributed by atoms with van der Waals surface area (Å²) >= 11 is 1.52. The molecule has 3 aromatic rings. The van der Waals surface area contributed by atoms with Crippen LogP contribution < -0.4 is 5.32 Å². The summed E-state index contributed by atoms with van der Waals surface area (Å²) in [5.74, 6) is 0.583. The van der Waals surface area contributed by atoms with Crippen molar-refractivity contribution in [1.29, 1.82) is 0 Å². The van der Waals surface area contributed by atoms with E-state index in [2.05, 4.69) is 45.4 Å². The van der Waals surface area contributed by atoms with Crippen molar-refractivity contribution in [2.24, 2.45) is 0 Å².